The third kappa shape index (κ3) is 4.15. The van der Waals surface area contributed by atoms with E-state index in [0.717, 1.165) is 25.4 Å². The number of nitrogens with one attached hydrogen (secondary N) is 1. The van der Waals surface area contributed by atoms with Gasteiger partial charge >= 0.3 is 0 Å². The molecule has 23 heavy (non-hydrogen) atoms. The highest BCUT2D eigenvalue weighted by Crippen LogP contribution is 2.18. The second kappa shape index (κ2) is 7.20. The molecular weight excluding hydrogens is 314 g/mol. The summed E-state index contributed by atoms with van der Waals surface area (Å²) in [5.74, 6) is 0.937. The predicted octanol–water partition coefficient (Wildman–Crippen LogP) is 1.66. The quantitative estimate of drug-likeness (QED) is 0.896. The van der Waals surface area contributed by atoms with Crippen LogP contribution in [0.4, 0.5) is 5.13 Å². The smallest absolute Gasteiger partial charge is 0.240 e. The van der Waals surface area contributed by atoms with Crippen LogP contribution in [0.25, 0.3) is 0 Å². The number of aromatic nitrogens is 2. The first-order valence-electron chi connectivity index (χ1n) is 7.68. The molecule has 1 saturated heterocycles. The molecular formula is C15H21N5O2S. The summed E-state index contributed by atoms with van der Waals surface area (Å²) in [6.07, 6.45) is 1.71. The van der Waals surface area contributed by atoms with Crippen LogP contribution in [0.1, 0.15) is 19.6 Å². The third-order valence-corrected chi connectivity index (χ3v) is 4.74. The van der Waals surface area contributed by atoms with E-state index in [1.54, 1.807) is 11.8 Å². The van der Waals surface area contributed by atoms with Gasteiger partial charge in [-0.15, -0.1) is 10.2 Å². The van der Waals surface area contributed by atoms with E-state index in [2.05, 4.69) is 39.2 Å². The number of anilines is 1. The number of amides is 1. The fourth-order valence-corrected chi connectivity index (χ4v) is 3.35. The molecule has 2 atom stereocenters. The van der Waals surface area contributed by atoms with Gasteiger partial charge in [0.1, 0.15) is 11.3 Å². The molecule has 0 spiro atoms. The zero-order valence-corrected chi connectivity index (χ0v) is 14.1. The Bertz CT molecular complexity index is 616. The van der Waals surface area contributed by atoms with E-state index in [9.17, 15) is 4.79 Å². The Hall–Kier alpha value is -1.77. The fraction of sp³-hybridized carbons (Fsp3) is 0.533. The first kappa shape index (κ1) is 16.1. The van der Waals surface area contributed by atoms with Crippen molar-refractivity contribution < 1.29 is 9.21 Å². The van der Waals surface area contributed by atoms with E-state index < -0.39 is 0 Å². The molecule has 1 aliphatic rings. The third-order valence-electron chi connectivity index (χ3n) is 4.14. The van der Waals surface area contributed by atoms with Crippen LogP contribution in [0.5, 0.6) is 0 Å². The molecule has 7 nitrogen and oxygen atoms in total. The molecule has 2 aromatic rings. The van der Waals surface area contributed by atoms with Gasteiger partial charge in [-0.1, -0.05) is 11.3 Å². The summed E-state index contributed by atoms with van der Waals surface area (Å²) in [6, 6.07) is 4.59. The van der Waals surface area contributed by atoms with E-state index in [0.29, 0.717) is 23.8 Å². The Kier molecular flexibility index (Phi) is 5.04. The number of hydrogen-bond acceptors (Lipinski definition) is 7. The Morgan fingerprint density at radius 3 is 2.87 bits per heavy atom. The Labute approximate surface area is 139 Å². The van der Waals surface area contributed by atoms with E-state index in [4.69, 9.17) is 4.42 Å². The van der Waals surface area contributed by atoms with Gasteiger partial charge < -0.3 is 4.42 Å². The van der Waals surface area contributed by atoms with Crippen LogP contribution < -0.4 is 5.32 Å². The molecule has 0 saturated carbocycles. The van der Waals surface area contributed by atoms with Gasteiger partial charge in [-0.2, -0.15) is 0 Å². The molecule has 124 valence electrons. The zero-order valence-electron chi connectivity index (χ0n) is 13.3. The minimum absolute atomic E-state index is 0.0414. The lowest BCUT2D eigenvalue weighted by atomic mass is 10.1. The number of furan rings is 1. The van der Waals surface area contributed by atoms with Crippen LogP contribution in [0, 0.1) is 0 Å². The number of hydrogen-bond donors (Lipinski definition) is 1. The number of piperazine rings is 1. The van der Waals surface area contributed by atoms with Crippen LogP contribution in [0.3, 0.4) is 0 Å². The Morgan fingerprint density at radius 1 is 1.39 bits per heavy atom. The van der Waals surface area contributed by atoms with Crippen molar-refractivity contribution in [2.75, 3.05) is 25.0 Å². The van der Waals surface area contributed by atoms with E-state index >= 15 is 0 Å². The molecule has 1 fully saturated rings. The van der Waals surface area contributed by atoms with Crippen molar-refractivity contribution in [1.29, 1.82) is 0 Å². The Balaban J connectivity index is 1.53. The average Bonchev–Trinajstić information content (AvgIpc) is 3.18. The largest absolute Gasteiger partial charge is 0.468 e. The molecule has 0 unspecified atom stereocenters. The van der Waals surface area contributed by atoms with Gasteiger partial charge in [0, 0.05) is 25.2 Å². The molecule has 1 N–H and O–H groups in total. The minimum Gasteiger partial charge on any atom is -0.468 e. The summed E-state index contributed by atoms with van der Waals surface area (Å²) in [4.78, 5) is 16.7. The second-order valence-corrected chi connectivity index (χ2v) is 6.76. The number of rotatable bonds is 5. The molecule has 8 heteroatoms. The lowest BCUT2D eigenvalue weighted by molar-refractivity contribution is -0.118. The van der Waals surface area contributed by atoms with Gasteiger partial charge in [-0.3, -0.25) is 19.9 Å². The second-order valence-electron chi connectivity index (χ2n) is 5.93. The van der Waals surface area contributed by atoms with Crippen LogP contribution in [0.15, 0.2) is 28.3 Å². The lowest BCUT2D eigenvalue weighted by Gasteiger charge is -2.43. The van der Waals surface area contributed by atoms with Gasteiger partial charge in [0.2, 0.25) is 11.0 Å². The maximum Gasteiger partial charge on any atom is 0.240 e. The Morgan fingerprint density at radius 2 is 2.17 bits per heavy atom. The van der Waals surface area contributed by atoms with Crippen molar-refractivity contribution in [3.8, 4) is 0 Å². The molecule has 0 radical (unpaired) electrons. The zero-order chi connectivity index (χ0) is 16.2. The highest BCUT2D eigenvalue weighted by Gasteiger charge is 2.30. The predicted molar refractivity (Wildman–Crippen MR) is 88.2 cm³/mol. The first-order chi connectivity index (χ1) is 11.1. The van der Waals surface area contributed by atoms with E-state index in [1.807, 2.05) is 12.1 Å². The first-order valence-corrected chi connectivity index (χ1v) is 8.56. The highest BCUT2D eigenvalue weighted by atomic mass is 32.1. The van der Waals surface area contributed by atoms with Crippen molar-refractivity contribution in [3.63, 3.8) is 0 Å². The van der Waals surface area contributed by atoms with E-state index in [-0.39, 0.29) is 5.91 Å². The fourth-order valence-electron chi connectivity index (χ4n) is 2.88. The summed E-state index contributed by atoms with van der Waals surface area (Å²) >= 11 is 1.33. The minimum atomic E-state index is -0.0414. The standard InChI is InChI=1S/C15H21N5O2S/c1-11-7-20(9-14(21)17-15-18-16-10-23-15)12(2)6-19(11)8-13-4-3-5-22-13/h3-5,10-12H,6-9H2,1-2H3,(H,17,18,21)/t11-,12-/m1/s1. The number of carbonyl (C=O) groups excluding carboxylic acids is 1. The molecule has 3 rings (SSSR count). The summed E-state index contributed by atoms with van der Waals surface area (Å²) in [7, 11) is 0. The molecule has 0 bridgehead atoms. The molecule has 2 aromatic heterocycles. The molecule has 3 heterocycles. The van der Waals surface area contributed by atoms with Crippen LogP contribution >= 0.6 is 11.3 Å². The van der Waals surface area contributed by atoms with Crippen molar-refractivity contribution in [2.24, 2.45) is 0 Å². The maximum atomic E-state index is 12.1. The van der Waals surface area contributed by atoms with Crippen molar-refractivity contribution >= 4 is 22.4 Å². The SMILES string of the molecule is C[C@@H]1CN(Cc2ccco2)[C@H](C)CN1CC(=O)Nc1nncs1. The molecule has 0 aliphatic carbocycles. The summed E-state index contributed by atoms with van der Waals surface area (Å²) < 4.78 is 5.44. The molecule has 0 aromatic carbocycles. The van der Waals surface area contributed by atoms with Crippen LogP contribution in [0.2, 0.25) is 0 Å². The normalized spacial score (nSPS) is 23.0. The number of nitrogens with zero attached hydrogens (tertiary/aromatic N) is 4. The average molecular weight is 335 g/mol. The summed E-state index contributed by atoms with van der Waals surface area (Å²) in [5, 5.41) is 10.9. The van der Waals surface area contributed by atoms with Crippen molar-refractivity contribution in [1.82, 2.24) is 20.0 Å². The number of carbonyl (C=O) groups is 1. The van der Waals surface area contributed by atoms with Crippen molar-refractivity contribution in [2.45, 2.75) is 32.5 Å². The maximum absolute atomic E-state index is 12.1. The summed E-state index contributed by atoms with van der Waals surface area (Å²) in [6.45, 7) is 7.28. The van der Waals surface area contributed by atoms with Crippen LogP contribution in [-0.4, -0.2) is 57.6 Å². The topological polar surface area (TPSA) is 74.5 Å². The van der Waals surface area contributed by atoms with Gasteiger partial charge in [-0.25, -0.2) is 0 Å². The van der Waals surface area contributed by atoms with Gasteiger partial charge in [0.15, 0.2) is 0 Å². The van der Waals surface area contributed by atoms with E-state index in [1.165, 1.54) is 11.3 Å². The highest BCUT2D eigenvalue weighted by molar-refractivity contribution is 7.13. The molecule has 1 aliphatic heterocycles. The monoisotopic (exact) mass is 335 g/mol. The van der Waals surface area contributed by atoms with Gasteiger partial charge in [-0.05, 0) is 26.0 Å². The van der Waals surface area contributed by atoms with Gasteiger partial charge in [0.05, 0.1) is 19.4 Å². The summed E-state index contributed by atoms with van der Waals surface area (Å²) in [5.41, 5.74) is 1.60. The van der Waals surface area contributed by atoms with Crippen LogP contribution in [-0.2, 0) is 11.3 Å². The molecule has 1 amide bonds. The lowest BCUT2D eigenvalue weighted by Crippen LogP contribution is -2.57. The van der Waals surface area contributed by atoms with Crippen molar-refractivity contribution in [3.05, 3.63) is 29.7 Å². The van der Waals surface area contributed by atoms with Gasteiger partial charge in [0.25, 0.3) is 0 Å².